The molecule has 0 aliphatic heterocycles. The van der Waals surface area contributed by atoms with Gasteiger partial charge in [0.05, 0.1) is 23.2 Å². The van der Waals surface area contributed by atoms with Crippen LogP contribution in [0.3, 0.4) is 0 Å². The topological polar surface area (TPSA) is 25.4 Å². The van der Waals surface area contributed by atoms with Gasteiger partial charge in [0.25, 0.3) is 0 Å². The maximum atomic E-state index is 5.72. The van der Waals surface area contributed by atoms with Crippen molar-refractivity contribution in [3.63, 3.8) is 0 Å². The van der Waals surface area contributed by atoms with Crippen LogP contribution in [0.1, 0.15) is 24.0 Å². The third-order valence-electron chi connectivity index (χ3n) is 2.80. The summed E-state index contributed by atoms with van der Waals surface area (Å²) in [6.07, 6.45) is 2.16. The first kappa shape index (κ1) is 14.9. The molecule has 0 fully saturated rings. The van der Waals surface area contributed by atoms with Crippen molar-refractivity contribution in [1.29, 1.82) is 0 Å². The van der Waals surface area contributed by atoms with E-state index in [1.54, 1.807) is 18.4 Å². The lowest BCUT2D eigenvalue weighted by Gasteiger charge is -2.23. The molecule has 1 aromatic rings. The number of nitrogens with zero attached hydrogens (tertiary/aromatic N) is 2. The van der Waals surface area contributed by atoms with Crippen molar-refractivity contribution < 1.29 is 4.74 Å². The third-order valence-corrected chi connectivity index (χ3v) is 4.03. The molecule has 1 atom stereocenters. The Morgan fingerprint density at radius 1 is 1.59 bits per heavy atom. The molecule has 5 heteroatoms. The van der Waals surface area contributed by atoms with Crippen molar-refractivity contribution >= 4 is 22.9 Å². The standard InChI is InChI=1S/C12H21ClN2OS/c1-10(8-16-3)15(2)6-4-5-12-14-11(7-13)9-17-12/h9-10H,4-8H2,1-3H3. The fourth-order valence-electron chi connectivity index (χ4n) is 1.59. The summed E-state index contributed by atoms with van der Waals surface area (Å²) in [5, 5.41) is 3.23. The molecule has 17 heavy (non-hydrogen) atoms. The summed E-state index contributed by atoms with van der Waals surface area (Å²) in [5.74, 6) is 0.515. The van der Waals surface area contributed by atoms with Crippen LogP contribution in [0.2, 0.25) is 0 Å². The molecular formula is C12H21ClN2OS. The summed E-state index contributed by atoms with van der Waals surface area (Å²) in [4.78, 5) is 6.77. The Labute approximate surface area is 113 Å². The number of alkyl halides is 1. The monoisotopic (exact) mass is 276 g/mol. The van der Waals surface area contributed by atoms with Crippen LogP contribution in [0.5, 0.6) is 0 Å². The average molecular weight is 277 g/mol. The van der Waals surface area contributed by atoms with E-state index in [0.29, 0.717) is 11.9 Å². The summed E-state index contributed by atoms with van der Waals surface area (Å²) in [6, 6.07) is 0.467. The van der Waals surface area contributed by atoms with Gasteiger partial charge in [-0.3, -0.25) is 0 Å². The second-order valence-electron chi connectivity index (χ2n) is 4.25. The Balaban J connectivity index is 2.22. The predicted octanol–water partition coefficient (Wildman–Crippen LogP) is 2.78. The molecule has 0 saturated carbocycles. The number of methoxy groups -OCH3 is 1. The highest BCUT2D eigenvalue weighted by molar-refractivity contribution is 7.09. The highest BCUT2D eigenvalue weighted by atomic mass is 35.5. The largest absolute Gasteiger partial charge is 0.383 e. The molecule has 0 radical (unpaired) electrons. The Bertz CT molecular complexity index is 319. The maximum absolute atomic E-state index is 5.72. The van der Waals surface area contributed by atoms with E-state index in [0.717, 1.165) is 31.7 Å². The van der Waals surface area contributed by atoms with Crippen LogP contribution in [0, 0.1) is 0 Å². The summed E-state index contributed by atoms with van der Waals surface area (Å²) in [7, 11) is 3.88. The Morgan fingerprint density at radius 3 is 2.94 bits per heavy atom. The number of hydrogen-bond donors (Lipinski definition) is 0. The normalized spacial score (nSPS) is 13.2. The van der Waals surface area contributed by atoms with E-state index < -0.39 is 0 Å². The molecule has 3 nitrogen and oxygen atoms in total. The first-order chi connectivity index (χ1) is 8.17. The smallest absolute Gasteiger partial charge is 0.0929 e. The number of hydrogen-bond acceptors (Lipinski definition) is 4. The van der Waals surface area contributed by atoms with Gasteiger partial charge in [0.2, 0.25) is 0 Å². The van der Waals surface area contributed by atoms with Crippen molar-refractivity contribution in [2.75, 3.05) is 27.3 Å². The minimum Gasteiger partial charge on any atom is -0.383 e. The zero-order valence-electron chi connectivity index (χ0n) is 10.8. The van der Waals surface area contributed by atoms with Gasteiger partial charge in [0.15, 0.2) is 0 Å². The van der Waals surface area contributed by atoms with Crippen LogP contribution in [0.15, 0.2) is 5.38 Å². The van der Waals surface area contributed by atoms with Crippen molar-refractivity contribution in [3.05, 3.63) is 16.1 Å². The molecular weight excluding hydrogens is 256 g/mol. The number of thiazole rings is 1. The molecule has 1 heterocycles. The van der Waals surface area contributed by atoms with Gasteiger partial charge in [-0.15, -0.1) is 22.9 Å². The molecule has 0 bridgehead atoms. The highest BCUT2D eigenvalue weighted by Crippen LogP contribution is 2.13. The third kappa shape index (κ3) is 5.34. The zero-order valence-corrected chi connectivity index (χ0v) is 12.4. The van der Waals surface area contributed by atoms with Gasteiger partial charge in [0, 0.05) is 25.0 Å². The van der Waals surface area contributed by atoms with Crippen LogP contribution in [-0.2, 0) is 17.0 Å². The first-order valence-electron chi connectivity index (χ1n) is 5.85. The lowest BCUT2D eigenvalue weighted by atomic mass is 10.2. The molecule has 1 rings (SSSR count). The lowest BCUT2D eigenvalue weighted by Crippen LogP contribution is -2.33. The number of aromatic nitrogens is 1. The molecule has 0 saturated heterocycles. The Hall–Kier alpha value is -0.160. The Kier molecular flexibility index (Phi) is 7.04. The summed E-state index contributed by atoms with van der Waals surface area (Å²) in [6.45, 7) is 4.03. The van der Waals surface area contributed by atoms with Crippen LogP contribution >= 0.6 is 22.9 Å². The Morgan fingerprint density at radius 2 is 2.35 bits per heavy atom. The maximum Gasteiger partial charge on any atom is 0.0929 e. The quantitative estimate of drug-likeness (QED) is 0.683. The number of likely N-dealkylation sites (N-methyl/N-ethyl adjacent to an activating group) is 1. The van der Waals surface area contributed by atoms with Gasteiger partial charge in [0.1, 0.15) is 0 Å². The van der Waals surface area contributed by atoms with E-state index in [9.17, 15) is 0 Å². The molecule has 0 aromatic carbocycles. The van der Waals surface area contributed by atoms with Crippen molar-refractivity contribution in [2.24, 2.45) is 0 Å². The molecule has 1 unspecified atom stereocenters. The minimum atomic E-state index is 0.467. The number of aryl methyl sites for hydroxylation is 1. The summed E-state index contributed by atoms with van der Waals surface area (Å²) in [5.41, 5.74) is 0.993. The van der Waals surface area contributed by atoms with Crippen LogP contribution < -0.4 is 0 Å². The van der Waals surface area contributed by atoms with Gasteiger partial charge < -0.3 is 9.64 Å². The average Bonchev–Trinajstić information content (AvgIpc) is 2.77. The number of rotatable bonds is 8. The predicted molar refractivity (Wildman–Crippen MR) is 74.0 cm³/mol. The second kappa shape index (κ2) is 8.03. The van der Waals surface area contributed by atoms with Gasteiger partial charge in [-0.1, -0.05) is 0 Å². The SMILES string of the molecule is COCC(C)N(C)CCCc1nc(CCl)cs1. The fraction of sp³-hybridized carbons (Fsp3) is 0.750. The molecule has 0 amide bonds. The number of ether oxygens (including phenoxy) is 1. The van der Waals surface area contributed by atoms with E-state index in [2.05, 4.69) is 23.9 Å². The van der Waals surface area contributed by atoms with Gasteiger partial charge in [-0.05, 0) is 26.9 Å². The van der Waals surface area contributed by atoms with Gasteiger partial charge in [-0.25, -0.2) is 4.98 Å². The molecule has 1 aromatic heterocycles. The van der Waals surface area contributed by atoms with Crippen molar-refractivity contribution in [1.82, 2.24) is 9.88 Å². The van der Waals surface area contributed by atoms with Gasteiger partial charge >= 0.3 is 0 Å². The lowest BCUT2D eigenvalue weighted by molar-refractivity contribution is 0.115. The van der Waals surface area contributed by atoms with E-state index in [1.165, 1.54) is 5.01 Å². The molecule has 98 valence electrons. The van der Waals surface area contributed by atoms with Crippen molar-refractivity contribution in [2.45, 2.75) is 31.7 Å². The van der Waals surface area contributed by atoms with E-state index in [4.69, 9.17) is 16.3 Å². The van der Waals surface area contributed by atoms with E-state index in [-0.39, 0.29) is 0 Å². The molecule has 0 N–H and O–H groups in total. The fourth-order valence-corrected chi connectivity index (χ4v) is 2.66. The van der Waals surface area contributed by atoms with Crippen LogP contribution in [-0.4, -0.2) is 43.2 Å². The van der Waals surface area contributed by atoms with Crippen molar-refractivity contribution in [3.8, 4) is 0 Å². The first-order valence-corrected chi connectivity index (χ1v) is 7.27. The van der Waals surface area contributed by atoms with E-state index in [1.807, 2.05) is 5.38 Å². The summed E-state index contributed by atoms with van der Waals surface area (Å²) >= 11 is 7.43. The van der Waals surface area contributed by atoms with E-state index >= 15 is 0 Å². The van der Waals surface area contributed by atoms with Gasteiger partial charge in [-0.2, -0.15) is 0 Å². The summed E-state index contributed by atoms with van der Waals surface area (Å²) < 4.78 is 5.14. The number of halogens is 1. The van der Waals surface area contributed by atoms with Crippen LogP contribution in [0.25, 0.3) is 0 Å². The molecule has 0 aliphatic rings. The highest BCUT2D eigenvalue weighted by Gasteiger charge is 2.08. The minimum absolute atomic E-state index is 0.467. The molecule has 0 spiro atoms. The second-order valence-corrected chi connectivity index (χ2v) is 5.46. The van der Waals surface area contributed by atoms with Crippen LogP contribution in [0.4, 0.5) is 0 Å². The molecule has 0 aliphatic carbocycles. The zero-order chi connectivity index (χ0) is 12.7.